The van der Waals surface area contributed by atoms with E-state index in [-0.39, 0.29) is 6.54 Å². The second kappa shape index (κ2) is 6.33. The summed E-state index contributed by atoms with van der Waals surface area (Å²) in [5, 5.41) is 2.83. The summed E-state index contributed by atoms with van der Waals surface area (Å²) in [7, 11) is 0. The van der Waals surface area contributed by atoms with Crippen LogP contribution >= 0.6 is 0 Å². The normalized spacial score (nSPS) is 19.4. The lowest BCUT2D eigenvalue weighted by molar-refractivity contribution is -0.133. The zero-order valence-corrected chi connectivity index (χ0v) is 8.95. The highest BCUT2D eigenvalue weighted by Gasteiger charge is 2.25. The molecule has 1 aliphatic rings. The third kappa shape index (κ3) is 6.73. The molecule has 0 amide bonds. The lowest BCUT2D eigenvalue weighted by Crippen LogP contribution is -2.36. The van der Waals surface area contributed by atoms with E-state index in [9.17, 15) is 13.2 Å². The van der Waals surface area contributed by atoms with Crippen LogP contribution in [0.1, 0.15) is 25.7 Å². The Morgan fingerprint density at radius 3 is 2.27 bits per heavy atom. The molecule has 0 unspecified atom stereocenters. The highest BCUT2D eigenvalue weighted by molar-refractivity contribution is 4.65. The van der Waals surface area contributed by atoms with Crippen LogP contribution in [-0.4, -0.2) is 43.8 Å². The van der Waals surface area contributed by atoms with Crippen molar-refractivity contribution in [3.63, 3.8) is 0 Å². The molecule has 0 bridgehead atoms. The molecule has 1 saturated heterocycles. The van der Waals surface area contributed by atoms with E-state index in [0.29, 0.717) is 6.54 Å². The predicted octanol–water partition coefficient (Wildman–Crippen LogP) is 2.01. The number of rotatable bonds is 5. The number of halogens is 3. The zero-order chi connectivity index (χ0) is 11.1. The van der Waals surface area contributed by atoms with Crippen LogP contribution in [0.3, 0.4) is 0 Å². The van der Waals surface area contributed by atoms with Gasteiger partial charge in [-0.1, -0.05) is 6.42 Å². The molecule has 0 atom stereocenters. The molecule has 0 aromatic carbocycles. The van der Waals surface area contributed by atoms with E-state index in [1.165, 1.54) is 19.3 Å². The van der Waals surface area contributed by atoms with Gasteiger partial charge in [-0.15, -0.1) is 0 Å². The van der Waals surface area contributed by atoms with Crippen LogP contribution in [0.2, 0.25) is 0 Å². The Morgan fingerprint density at radius 2 is 1.67 bits per heavy atom. The lowest BCUT2D eigenvalue weighted by Gasteiger charge is -2.26. The second-order valence-electron chi connectivity index (χ2n) is 4.02. The van der Waals surface area contributed by atoms with E-state index in [1.54, 1.807) is 0 Å². The van der Waals surface area contributed by atoms with Crippen molar-refractivity contribution < 1.29 is 13.2 Å². The third-order valence-electron chi connectivity index (χ3n) is 2.64. The topological polar surface area (TPSA) is 15.3 Å². The Hall–Kier alpha value is -0.290. The van der Waals surface area contributed by atoms with Crippen LogP contribution in [0, 0.1) is 0 Å². The molecule has 0 radical (unpaired) electrons. The maximum atomic E-state index is 11.8. The van der Waals surface area contributed by atoms with E-state index in [4.69, 9.17) is 0 Å². The first-order chi connectivity index (χ1) is 7.08. The number of likely N-dealkylation sites (tertiary alicyclic amines) is 1. The van der Waals surface area contributed by atoms with Gasteiger partial charge in [-0.25, -0.2) is 0 Å². The van der Waals surface area contributed by atoms with Crippen LogP contribution in [0.15, 0.2) is 0 Å². The van der Waals surface area contributed by atoms with Crippen molar-refractivity contribution in [2.75, 3.05) is 32.7 Å². The van der Waals surface area contributed by atoms with Crippen LogP contribution in [0.5, 0.6) is 0 Å². The van der Waals surface area contributed by atoms with Gasteiger partial charge in [0.15, 0.2) is 0 Å². The van der Waals surface area contributed by atoms with Gasteiger partial charge in [-0.3, -0.25) is 0 Å². The summed E-state index contributed by atoms with van der Waals surface area (Å²) >= 11 is 0. The molecule has 90 valence electrons. The van der Waals surface area contributed by atoms with Crippen molar-refractivity contribution in [2.45, 2.75) is 31.9 Å². The Labute approximate surface area is 88.8 Å². The van der Waals surface area contributed by atoms with Gasteiger partial charge >= 0.3 is 6.18 Å². The van der Waals surface area contributed by atoms with Crippen LogP contribution in [0.4, 0.5) is 13.2 Å². The van der Waals surface area contributed by atoms with Crippen molar-refractivity contribution >= 4 is 0 Å². The second-order valence-corrected chi connectivity index (χ2v) is 4.02. The van der Waals surface area contributed by atoms with Crippen LogP contribution in [-0.2, 0) is 0 Å². The van der Waals surface area contributed by atoms with Gasteiger partial charge in [0, 0.05) is 19.6 Å². The summed E-state index contributed by atoms with van der Waals surface area (Å²) in [4.78, 5) is 2.31. The van der Waals surface area contributed by atoms with Crippen molar-refractivity contribution in [1.82, 2.24) is 10.2 Å². The van der Waals surface area contributed by atoms with Gasteiger partial charge in [0.2, 0.25) is 0 Å². The number of alkyl halides is 3. The van der Waals surface area contributed by atoms with Crippen molar-refractivity contribution in [3.05, 3.63) is 0 Å². The molecule has 0 saturated carbocycles. The monoisotopic (exact) mass is 224 g/mol. The molecule has 0 spiro atoms. The summed E-state index contributed by atoms with van der Waals surface area (Å²) < 4.78 is 35.4. The van der Waals surface area contributed by atoms with Gasteiger partial charge in [-0.2, -0.15) is 13.2 Å². The molecule has 1 heterocycles. The molecule has 0 aromatic rings. The average molecular weight is 224 g/mol. The van der Waals surface area contributed by atoms with Crippen molar-refractivity contribution in [3.8, 4) is 0 Å². The number of nitrogens with one attached hydrogen (secondary N) is 1. The molecule has 2 nitrogen and oxygen atoms in total. The van der Waals surface area contributed by atoms with Crippen molar-refractivity contribution in [1.29, 1.82) is 0 Å². The Balaban J connectivity index is 1.92. The van der Waals surface area contributed by atoms with E-state index >= 15 is 0 Å². The quantitative estimate of drug-likeness (QED) is 0.719. The minimum Gasteiger partial charge on any atom is -0.315 e. The Bertz CT molecular complexity index is 165. The fourth-order valence-electron chi connectivity index (χ4n) is 1.78. The minimum atomic E-state index is -4.03. The number of hydrogen-bond acceptors (Lipinski definition) is 2. The summed E-state index contributed by atoms with van der Waals surface area (Å²) in [5.41, 5.74) is 0. The molecule has 15 heavy (non-hydrogen) atoms. The summed E-state index contributed by atoms with van der Waals surface area (Å²) in [6.07, 6.45) is -1.02. The number of hydrogen-bond donors (Lipinski definition) is 1. The van der Waals surface area contributed by atoms with Gasteiger partial charge in [0.25, 0.3) is 0 Å². The molecule has 1 N–H and O–H groups in total. The first kappa shape index (κ1) is 12.8. The molecule has 1 aliphatic heterocycles. The molecular weight excluding hydrogens is 205 g/mol. The largest absolute Gasteiger partial charge is 0.390 e. The van der Waals surface area contributed by atoms with E-state index < -0.39 is 12.6 Å². The fraction of sp³-hybridized carbons (Fsp3) is 1.00. The first-order valence-electron chi connectivity index (χ1n) is 5.58. The number of nitrogens with zero attached hydrogens (tertiary/aromatic N) is 1. The van der Waals surface area contributed by atoms with Gasteiger partial charge in [0.1, 0.15) is 0 Å². The lowest BCUT2D eigenvalue weighted by atomic mass is 10.1. The first-order valence-corrected chi connectivity index (χ1v) is 5.58. The highest BCUT2D eigenvalue weighted by Crippen LogP contribution is 2.18. The summed E-state index contributed by atoms with van der Waals surface area (Å²) in [5.74, 6) is 0. The van der Waals surface area contributed by atoms with E-state index in [0.717, 1.165) is 19.6 Å². The van der Waals surface area contributed by atoms with Gasteiger partial charge in [0.05, 0.1) is 6.42 Å². The molecule has 1 rings (SSSR count). The minimum absolute atomic E-state index is 0.0390. The van der Waals surface area contributed by atoms with E-state index in [2.05, 4.69) is 10.2 Å². The van der Waals surface area contributed by atoms with Crippen LogP contribution in [0.25, 0.3) is 0 Å². The fourth-order valence-corrected chi connectivity index (χ4v) is 1.78. The smallest absolute Gasteiger partial charge is 0.315 e. The highest BCUT2D eigenvalue weighted by atomic mass is 19.4. The molecular formula is C10H19F3N2. The molecule has 0 aromatic heterocycles. The molecule has 5 heteroatoms. The molecule has 0 aliphatic carbocycles. The van der Waals surface area contributed by atoms with Crippen molar-refractivity contribution in [2.24, 2.45) is 0 Å². The Kier molecular flexibility index (Phi) is 5.39. The standard InChI is InChI=1S/C10H19F3N2/c11-10(12,13)4-5-14-6-9-15-7-2-1-3-8-15/h14H,1-9H2. The Morgan fingerprint density at radius 1 is 1.00 bits per heavy atom. The number of piperidine rings is 1. The van der Waals surface area contributed by atoms with Gasteiger partial charge in [-0.05, 0) is 25.9 Å². The maximum Gasteiger partial charge on any atom is 0.390 e. The SMILES string of the molecule is FC(F)(F)CCNCCN1CCCCC1. The summed E-state index contributed by atoms with van der Waals surface area (Å²) in [6.45, 7) is 3.77. The molecule has 1 fully saturated rings. The van der Waals surface area contributed by atoms with E-state index in [1.807, 2.05) is 0 Å². The zero-order valence-electron chi connectivity index (χ0n) is 8.95. The average Bonchev–Trinajstić information content (AvgIpc) is 2.17. The predicted molar refractivity (Wildman–Crippen MR) is 53.8 cm³/mol. The van der Waals surface area contributed by atoms with Gasteiger partial charge < -0.3 is 10.2 Å². The van der Waals surface area contributed by atoms with Crippen LogP contribution < -0.4 is 5.32 Å². The summed E-state index contributed by atoms with van der Waals surface area (Å²) in [6, 6.07) is 0. The maximum absolute atomic E-state index is 11.8. The third-order valence-corrected chi connectivity index (χ3v) is 2.64.